The minimum absolute atomic E-state index is 0.0578. The molecule has 0 aliphatic rings. The number of likely N-dealkylation sites (N-methyl/N-ethyl adjacent to an activating group) is 1. The van der Waals surface area contributed by atoms with Crippen molar-refractivity contribution in [2.45, 2.75) is 13.5 Å². The average molecular weight is 212 g/mol. The molecule has 1 rings (SSSR count). The van der Waals surface area contributed by atoms with E-state index in [1.807, 2.05) is 17.9 Å². The average Bonchev–Trinajstić information content (AvgIpc) is 2.24. The van der Waals surface area contributed by atoms with Crippen molar-refractivity contribution in [1.29, 1.82) is 0 Å². The molecule has 0 heterocycles. The van der Waals surface area contributed by atoms with Crippen molar-refractivity contribution in [3.63, 3.8) is 0 Å². The van der Waals surface area contributed by atoms with E-state index in [0.717, 1.165) is 17.8 Å². The molecule has 0 spiro atoms. The Bertz CT molecular complexity index is 317. The molecule has 15 heavy (non-hydrogen) atoms. The minimum Gasteiger partial charge on any atom is -0.395 e. The maximum absolute atomic E-state index is 13.2. The summed E-state index contributed by atoms with van der Waals surface area (Å²) in [5.41, 5.74) is 7.00. The van der Waals surface area contributed by atoms with E-state index in [0.29, 0.717) is 13.1 Å². The highest BCUT2D eigenvalue weighted by atomic mass is 19.1. The van der Waals surface area contributed by atoms with Gasteiger partial charge in [0.1, 0.15) is 5.82 Å². The van der Waals surface area contributed by atoms with Crippen LogP contribution in [-0.2, 0) is 6.54 Å². The smallest absolute Gasteiger partial charge is 0.125 e. The van der Waals surface area contributed by atoms with Gasteiger partial charge >= 0.3 is 0 Å². The summed E-state index contributed by atoms with van der Waals surface area (Å²) in [7, 11) is 0. The summed E-state index contributed by atoms with van der Waals surface area (Å²) in [5, 5.41) is 8.86. The molecule has 0 aromatic heterocycles. The van der Waals surface area contributed by atoms with Gasteiger partial charge < -0.3 is 15.7 Å². The van der Waals surface area contributed by atoms with E-state index < -0.39 is 0 Å². The van der Waals surface area contributed by atoms with E-state index >= 15 is 0 Å². The summed E-state index contributed by atoms with van der Waals surface area (Å²) >= 11 is 0. The van der Waals surface area contributed by atoms with E-state index in [-0.39, 0.29) is 12.4 Å². The zero-order valence-corrected chi connectivity index (χ0v) is 8.91. The molecule has 1 aromatic rings. The van der Waals surface area contributed by atoms with Gasteiger partial charge in [-0.25, -0.2) is 4.39 Å². The number of halogens is 1. The Morgan fingerprint density at radius 3 is 2.67 bits per heavy atom. The molecule has 0 fully saturated rings. The van der Waals surface area contributed by atoms with Crippen LogP contribution in [0.25, 0.3) is 0 Å². The second-order valence-electron chi connectivity index (χ2n) is 3.33. The molecular weight excluding hydrogens is 195 g/mol. The number of aliphatic hydroxyl groups is 1. The minimum atomic E-state index is -0.288. The van der Waals surface area contributed by atoms with Crippen LogP contribution >= 0.6 is 0 Å². The van der Waals surface area contributed by atoms with Crippen molar-refractivity contribution >= 4 is 5.69 Å². The van der Waals surface area contributed by atoms with Crippen molar-refractivity contribution in [2.75, 3.05) is 24.6 Å². The maximum Gasteiger partial charge on any atom is 0.125 e. The first-order chi connectivity index (χ1) is 7.21. The zero-order chi connectivity index (χ0) is 11.3. The second kappa shape index (κ2) is 5.68. The van der Waals surface area contributed by atoms with Crippen LogP contribution in [-0.4, -0.2) is 24.8 Å². The van der Waals surface area contributed by atoms with Gasteiger partial charge in [-0.05, 0) is 30.7 Å². The molecule has 0 saturated heterocycles. The number of anilines is 1. The third kappa shape index (κ3) is 3.18. The first-order valence-electron chi connectivity index (χ1n) is 5.06. The van der Waals surface area contributed by atoms with Gasteiger partial charge in [-0.15, -0.1) is 0 Å². The highest BCUT2D eigenvalue weighted by Crippen LogP contribution is 2.18. The third-order valence-electron chi connectivity index (χ3n) is 2.29. The number of aliphatic hydroxyl groups excluding tert-OH is 1. The summed E-state index contributed by atoms with van der Waals surface area (Å²) in [5.74, 6) is -0.288. The van der Waals surface area contributed by atoms with E-state index in [1.165, 1.54) is 12.1 Å². The largest absolute Gasteiger partial charge is 0.395 e. The molecule has 0 aliphatic heterocycles. The highest BCUT2D eigenvalue weighted by Gasteiger charge is 2.06. The number of nitrogens with two attached hydrogens (primary N) is 1. The van der Waals surface area contributed by atoms with Crippen LogP contribution in [0.5, 0.6) is 0 Å². The summed E-state index contributed by atoms with van der Waals surface area (Å²) in [4.78, 5) is 1.90. The van der Waals surface area contributed by atoms with Gasteiger partial charge in [-0.2, -0.15) is 0 Å². The van der Waals surface area contributed by atoms with Crippen LogP contribution in [0.1, 0.15) is 12.5 Å². The molecule has 1 aromatic carbocycles. The molecule has 3 nitrogen and oxygen atoms in total. The Balaban J connectivity index is 2.95. The van der Waals surface area contributed by atoms with Gasteiger partial charge in [0.2, 0.25) is 0 Å². The fourth-order valence-corrected chi connectivity index (χ4v) is 1.52. The van der Waals surface area contributed by atoms with Crippen LogP contribution in [0, 0.1) is 5.82 Å². The lowest BCUT2D eigenvalue weighted by molar-refractivity contribution is 0.302. The molecule has 0 unspecified atom stereocenters. The monoisotopic (exact) mass is 212 g/mol. The lowest BCUT2D eigenvalue weighted by atomic mass is 10.2. The standard InChI is InChI=1S/C11H17FN2O/c1-2-14(3-4-15)11-6-9(8-13)5-10(12)7-11/h5-7,15H,2-4,8,13H2,1H3. The van der Waals surface area contributed by atoms with Crippen LogP contribution in [0.3, 0.4) is 0 Å². The van der Waals surface area contributed by atoms with Crippen LogP contribution in [0.2, 0.25) is 0 Å². The van der Waals surface area contributed by atoms with Gasteiger partial charge in [-0.1, -0.05) is 0 Å². The molecule has 0 amide bonds. The number of hydrogen-bond acceptors (Lipinski definition) is 3. The summed E-state index contributed by atoms with van der Waals surface area (Å²) in [6.07, 6.45) is 0. The SMILES string of the molecule is CCN(CCO)c1cc(F)cc(CN)c1. The van der Waals surface area contributed by atoms with E-state index in [1.54, 1.807) is 0 Å². The Kier molecular flexibility index (Phi) is 4.52. The predicted molar refractivity (Wildman–Crippen MR) is 59.3 cm³/mol. The third-order valence-corrected chi connectivity index (χ3v) is 2.29. The fourth-order valence-electron chi connectivity index (χ4n) is 1.52. The first-order valence-corrected chi connectivity index (χ1v) is 5.06. The Morgan fingerprint density at radius 1 is 1.40 bits per heavy atom. The van der Waals surface area contributed by atoms with Gasteiger partial charge in [0.05, 0.1) is 6.61 Å². The Hall–Kier alpha value is -1.13. The van der Waals surface area contributed by atoms with Crippen LogP contribution in [0.15, 0.2) is 18.2 Å². The number of nitrogens with zero attached hydrogens (tertiary/aromatic N) is 1. The molecule has 0 aliphatic carbocycles. The van der Waals surface area contributed by atoms with Gasteiger partial charge in [-0.3, -0.25) is 0 Å². The van der Waals surface area contributed by atoms with Crippen molar-refractivity contribution in [3.8, 4) is 0 Å². The molecule has 0 atom stereocenters. The van der Waals surface area contributed by atoms with E-state index in [9.17, 15) is 4.39 Å². The number of hydrogen-bond donors (Lipinski definition) is 2. The van der Waals surface area contributed by atoms with Crippen molar-refractivity contribution in [3.05, 3.63) is 29.6 Å². The van der Waals surface area contributed by atoms with Crippen molar-refractivity contribution in [1.82, 2.24) is 0 Å². The van der Waals surface area contributed by atoms with Crippen molar-refractivity contribution < 1.29 is 9.50 Å². The summed E-state index contributed by atoms with van der Waals surface area (Å²) in [6.45, 7) is 3.57. The van der Waals surface area contributed by atoms with Gasteiger partial charge in [0.25, 0.3) is 0 Å². The molecule has 0 bridgehead atoms. The first kappa shape index (κ1) is 11.9. The van der Waals surface area contributed by atoms with Gasteiger partial charge in [0.15, 0.2) is 0 Å². The quantitative estimate of drug-likeness (QED) is 0.768. The second-order valence-corrected chi connectivity index (χ2v) is 3.33. The lowest BCUT2D eigenvalue weighted by Gasteiger charge is -2.22. The summed E-state index contributed by atoms with van der Waals surface area (Å²) in [6, 6.07) is 4.73. The molecule has 0 radical (unpaired) electrons. The molecule has 3 N–H and O–H groups in total. The molecular formula is C11H17FN2O. The summed E-state index contributed by atoms with van der Waals surface area (Å²) < 4.78 is 13.2. The van der Waals surface area contributed by atoms with Crippen LogP contribution < -0.4 is 10.6 Å². The van der Waals surface area contributed by atoms with Gasteiger partial charge in [0, 0.05) is 25.3 Å². The zero-order valence-electron chi connectivity index (χ0n) is 8.91. The molecule has 4 heteroatoms. The molecule has 84 valence electrons. The Morgan fingerprint density at radius 2 is 2.13 bits per heavy atom. The van der Waals surface area contributed by atoms with E-state index in [2.05, 4.69) is 0 Å². The normalized spacial score (nSPS) is 10.4. The number of benzene rings is 1. The Labute approximate surface area is 89.3 Å². The number of rotatable bonds is 5. The highest BCUT2D eigenvalue weighted by molar-refractivity contribution is 5.49. The molecule has 0 saturated carbocycles. The predicted octanol–water partition coefficient (Wildman–Crippen LogP) is 1.10. The maximum atomic E-state index is 13.2. The van der Waals surface area contributed by atoms with Crippen LogP contribution in [0.4, 0.5) is 10.1 Å². The van der Waals surface area contributed by atoms with Crippen molar-refractivity contribution in [2.24, 2.45) is 5.73 Å². The lowest BCUT2D eigenvalue weighted by Crippen LogP contribution is -2.26. The van der Waals surface area contributed by atoms with E-state index in [4.69, 9.17) is 10.8 Å². The fraction of sp³-hybridized carbons (Fsp3) is 0.455. The topological polar surface area (TPSA) is 49.5 Å².